The zero-order valence-electron chi connectivity index (χ0n) is 15.6. The van der Waals surface area contributed by atoms with E-state index in [1.807, 2.05) is 43.3 Å². The lowest BCUT2D eigenvalue weighted by Gasteiger charge is -2.11. The summed E-state index contributed by atoms with van der Waals surface area (Å²) < 4.78 is 1.53. The smallest absolute Gasteiger partial charge is 0.348 e. The van der Waals surface area contributed by atoms with Crippen LogP contribution in [-0.2, 0) is 16.1 Å². The fourth-order valence-corrected chi connectivity index (χ4v) is 3.45. The van der Waals surface area contributed by atoms with Crippen LogP contribution in [0.2, 0.25) is 0 Å². The summed E-state index contributed by atoms with van der Waals surface area (Å²) in [5.74, 6) is -0.168. The van der Waals surface area contributed by atoms with Crippen LogP contribution in [0.25, 0.3) is 5.57 Å². The Labute approximate surface area is 157 Å². The number of aryl methyl sites for hydroxylation is 2. The first-order valence-corrected chi connectivity index (χ1v) is 9.08. The van der Waals surface area contributed by atoms with Gasteiger partial charge >= 0.3 is 5.69 Å². The maximum Gasteiger partial charge on any atom is 0.348 e. The predicted octanol–water partition coefficient (Wildman–Crippen LogP) is 2.18. The number of nitrogens with zero attached hydrogens (tertiary/aromatic N) is 2. The van der Waals surface area contributed by atoms with Gasteiger partial charge in [0.1, 0.15) is 0 Å². The molecule has 0 aliphatic heterocycles. The average Bonchev–Trinajstić information content (AvgIpc) is 2.98. The Balaban J connectivity index is 1.64. The van der Waals surface area contributed by atoms with Crippen LogP contribution in [0.1, 0.15) is 36.2 Å². The van der Waals surface area contributed by atoms with Crippen molar-refractivity contribution in [2.45, 2.75) is 39.7 Å². The van der Waals surface area contributed by atoms with E-state index in [0.717, 1.165) is 16.8 Å². The Kier molecular flexibility index (Phi) is 5.64. The van der Waals surface area contributed by atoms with E-state index in [1.54, 1.807) is 6.92 Å². The van der Waals surface area contributed by atoms with Crippen molar-refractivity contribution < 1.29 is 9.59 Å². The third kappa shape index (κ3) is 4.39. The van der Waals surface area contributed by atoms with Crippen LogP contribution < -0.4 is 11.0 Å². The first-order chi connectivity index (χ1) is 13.0. The van der Waals surface area contributed by atoms with Gasteiger partial charge in [-0.25, -0.2) is 4.79 Å². The van der Waals surface area contributed by atoms with Crippen molar-refractivity contribution in [3.8, 4) is 0 Å². The number of nitrogens with one attached hydrogen (secondary N) is 1. The zero-order valence-corrected chi connectivity index (χ0v) is 15.6. The fourth-order valence-electron chi connectivity index (χ4n) is 3.45. The number of amides is 1. The number of aromatic nitrogens is 2. The highest BCUT2D eigenvalue weighted by Gasteiger charge is 2.25. The lowest BCUT2D eigenvalue weighted by atomic mass is 10.00. The number of ketones is 1. The van der Waals surface area contributed by atoms with Crippen LogP contribution in [0.5, 0.6) is 0 Å². The number of benzene rings is 1. The van der Waals surface area contributed by atoms with E-state index >= 15 is 0 Å². The molecule has 6 nitrogen and oxygen atoms in total. The molecule has 0 atom stereocenters. The number of hydrogen-bond acceptors (Lipinski definition) is 4. The monoisotopic (exact) mass is 365 g/mol. The van der Waals surface area contributed by atoms with Crippen LogP contribution in [0.4, 0.5) is 0 Å². The lowest BCUT2D eigenvalue weighted by molar-refractivity contribution is -0.122. The minimum absolute atomic E-state index is 0.0406. The highest BCUT2D eigenvalue weighted by atomic mass is 16.2. The van der Waals surface area contributed by atoms with Crippen molar-refractivity contribution >= 4 is 17.3 Å². The Morgan fingerprint density at radius 1 is 1.15 bits per heavy atom. The molecule has 0 spiro atoms. The molecule has 0 radical (unpaired) electrons. The molecule has 1 heterocycles. The van der Waals surface area contributed by atoms with Gasteiger partial charge in [-0.2, -0.15) is 4.98 Å². The number of carbonyl (C=O) groups excluding carboxylic acids is 2. The molecule has 2 aromatic rings. The number of carbonyl (C=O) groups is 2. The Morgan fingerprint density at radius 3 is 2.59 bits per heavy atom. The van der Waals surface area contributed by atoms with E-state index < -0.39 is 0 Å². The molecule has 0 unspecified atom stereocenters. The molecular weight excluding hydrogens is 342 g/mol. The summed E-state index contributed by atoms with van der Waals surface area (Å²) in [6, 6.07) is 11.5. The number of Topliss-reactive ketones (excluding diaryl/α,β-unsaturated/α-hetero) is 1. The van der Waals surface area contributed by atoms with E-state index in [0.29, 0.717) is 37.2 Å². The summed E-state index contributed by atoms with van der Waals surface area (Å²) >= 11 is 0. The van der Waals surface area contributed by atoms with Crippen LogP contribution in [0.15, 0.2) is 46.8 Å². The van der Waals surface area contributed by atoms with Gasteiger partial charge in [0.15, 0.2) is 5.78 Å². The number of rotatable bonds is 6. The maximum atomic E-state index is 12.3. The molecule has 6 heteroatoms. The quantitative estimate of drug-likeness (QED) is 0.851. The molecule has 140 valence electrons. The first kappa shape index (κ1) is 18.8. The van der Waals surface area contributed by atoms with E-state index in [9.17, 15) is 14.4 Å². The summed E-state index contributed by atoms with van der Waals surface area (Å²) in [7, 11) is 0. The normalized spacial score (nSPS) is 13.9. The third-order valence-electron chi connectivity index (χ3n) is 4.77. The van der Waals surface area contributed by atoms with E-state index in [4.69, 9.17) is 0 Å². The van der Waals surface area contributed by atoms with Gasteiger partial charge in [-0.3, -0.25) is 14.2 Å². The van der Waals surface area contributed by atoms with Crippen molar-refractivity contribution in [1.29, 1.82) is 0 Å². The molecule has 1 aliphatic rings. The summed E-state index contributed by atoms with van der Waals surface area (Å²) in [5, 5.41) is 2.81. The molecule has 1 aliphatic carbocycles. The molecule has 1 aromatic heterocycles. The Morgan fingerprint density at radius 2 is 1.89 bits per heavy atom. The molecular formula is C21H23N3O3. The summed E-state index contributed by atoms with van der Waals surface area (Å²) in [4.78, 5) is 40.4. The standard InChI is InChI=1S/C21H23N3O3/c1-14-12-15(2)24(21(27)23-14)11-10-22-20(26)13-18-17(8-9-19(18)25)16-6-4-3-5-7-16/h3-7,12H,8-11,13H2,1-2H3,(H,22,26). The molecule has 0 fully saturated rings. The fraction of sp³-hybridized carbons (Fsp3) is 0.333. The van der Waals surface area contributed by atoms with Crippen molar-refractivity contribution in [2.75, 3.05) is 6.54 Å². The third-order valence-corrected chi connectivity index (χ3v) is 4.77. The zero-order chi connectivity index (χ0) is 19.4. The Hall–Kier alpha value is -3.02. The van der Waals surface area contributed by atoms with Crippen molar-refractivity contribution in [1.82, 2.24) is 14.9 Å². The minimum Gasteiger partial charge on any atom is -0.354 e. The van der Waals surface area contributed by atoms with Gasteiger partial charge in [-0.05, 0) is 37.5 Å². The van der Waals surface area contributed by atoms with E-state index in [1.165, 1.54) is 4.57 Å². The lowest BCUT2D eigenvalue weighted by Crippen LogP contribution is -2.33. The molecule has 0 bridgehead atoms. The summed E-state index contributed by atoms with van der Waals surface area (Å²) in [6.45, 7) is 4.28. The highest BCUT2D eigenvalue weighted by molar-refractivity contribution is 6.10. The van der Waals surface area contributed by atoms with Crippen molar-refractivity contribution in [3.05, 3.63) is 69.4 Å². The van der Waals surface area contributed by atoms with Crippen LogP contribution in [0.3, 0.4) is 0 Å². The number of hydrogen-bond donors (Lipinski definition) is 1. The molecule has 3 rings (SSSR count). The molecule has 1 N–H and O–H groups in total. The molecule has 0 saturated carbocycles. The van der Waals surface area contributed by atoms with Crippen molar-refractivity contribution in [2.24, 2.45) is 0 Å². The number of allylic oxidation sites excluding steroid dienone is 1. The van der Waals surface area contributed by atoms with E-state index in [2.05, 4.69) is 10.3 Å². The first-order valence-electron chi connectivity index (χ1n) is 9.08. The van der Waals surface area contributed by atoms with Gasteiger partial charge in [0, 0.05) is 36.5 Å². The van der Waals surface area contributed by atoms with Gasteiger partial charge in [-0.15, -0.1) is 0 Å². The van der Waals surface area contributed by atoms with Crippen LogP contribution >= 0.6 is 0 Å². The highest BCUT2D eigenvalue weighted by Crippen LogP contribution is 2.33. The predicted molar refractivity (Wildman–Crippen MR) is 103 cm³/mol. The summed E-state index contributed by atoms with van der Waals surface area (Å²) in [5.41, 5.74) is 3.73. The average molecular weight is 365 g/mol. The van der Waals surface area contributed by atoms with Gasteiger partial charge in [-0.1, -0.05) is 30.3 Å². The SMILES string of the molecule is Cc1cc(C)n(CCNC(=O)CC2=C(c3ccccc3)CCC2=O)c(=O)n1. The van der Waals surface area contributed by atoms with Gasteiger partial charge in [0.2, 0.25) is 5.91 Å². The molecule has 1 aromatic carbocycles. The second-order valence-corrected chi connectivity index (χ2v) is 6.75. The molecule has 27 heavy (non-hydrogen) atoms. The van der Waals surface area contributed by atoms with Gasteiger partial charge in [0.05, 0.1) is 6.42 Å². The minimum atomic E-state index is -0.318. The Bertz CT molecular complexity index is 958. The van der Waals surface area contributed by atoms with Gasteiger partial charge in [0.25, 0.3) is 0 Å². The second-order valence-electron chi connectivity index (χ2n) is 6.75. The summed E-state index contributed by atoms with van der Waals surface area (Å²) in [6.07, 6.45) is 1.20. The molecule has 1 amide bonds. The maximum absolute atomic E-state index is 12.3. The van der Waals surface area contributed by atoms with E-state index in [-0.39, 0.29) is 23.8 Å². The van der Waals surface area contributed by atoms with Gasteiger partial charge < -0.3 is 5.32 Å². The largest absolute Gasteiger partial charge is 0.354 e. The van der Waals surface area contributed by atoms with Crippen LogP contribution in [-0.4, -0.2) is 27.8 Å². The van der Waals surface area contributed by atoms with Crippen LogP contribution in [0, 0.1) is 13.8 Å². The second kappa shape index (κ2) is 8.12. The topological polar surface area (TPSA) is 81.1 Å². The van der Waals surface area contributed by atoms with Crippen molar-refractivity contribution in [3.63, 3.8) is 0 Å². The molecule has 0 saturated heterocycles.